The van der Waals surface area contributed by atoms with Crippen molar-refractivity contribution in [2.24, 2.45) is 11.3 Å². The fourth-order valence-corrected chi connectivity index (χ4v) is 2.07. The highest BCUT2D eigenvalue weighted by Crippen LogP contribution is 2.30. The van der Waals surface area contributed by atoms with Crippen LogP contribution in [0.1, 0.15) is 26.3 Å². The van der Waals surface area contributed by atoms with Gasteiger partial charge in [0.2, 0.25) is 0 Å². The van der Waals surface area contributed by atoms with Crippen molar-refractivity contribution in [1.29, 1.82) is 0 Å². The van der Waals surface area contributed by atoms with Crippen molar-refractivity contribution in [3.8, 4) is 0 Å². The molecule has 1 unspecified atom stereocenters. The summed E-state index contributed by atoms with van der Waals surface area (Å²) in [7, 11) is 2.02. The monoisotopic (exact) mass is 239 g/mol. The second-order valence-corrected chi connectivity index (χ2v) is 5.58. The molecular formula is C14H22ClN. The average Bonchev–Trinajstić information content (AvgIpc) is 2.22. The van der Waals surface area contributed by atoms with E-state index in [9.17, 15) is 0 Å². The summed E-state index contributed by atoms with van der Waals surface area (Å²) in [6, 6.07) is 8.19. The molecule has 0 spiro atoms. The van der Waals surface area contributed by atoms with E-state index in [4.69, 9.17) is 11.6 Å². The van der Waals surface area contributed by atoms with Gasteiger partial charge in [0.05, 0.1) is 0 Å². The molecule has 16 heavy (non-hydrogen) atoms. The Labute approximate surface area is 104 Å². The fraction of sp³-hybridized carbons (Fsp3) is 0.571. The van der Waals surface area contributed by atoms with Gasteiger partial charge in [0.25, 0.3) is 0 Å². The van der Waals surface area contributed by atoms with Crippen LogP contribution in [-0.2, 0) is 6.42 Å². The van der Waals surface area contributed by atoms with Gasteiger partial charge in [-0.3, -0.25) is 0 Å². The molecule has 0 radical (unpaired) electrons. The summed E-state index contributed by atoms with van der Waals surface area (Å²) < 4.78 is 0. The first-order valence-electron chi connectivity index (χ1n) is 5.87. The highest BCUT2D eigenvalue weighted by Gasteiger charge is 2.27. The van der Waals surface area contributed by atoms with E-state index in [-0.39, 0.29) is 0 Å². The van der Waals surface area contributed by atoms with Crippen molar-refractivity contribution < 1.29 is 0 Å². The second kappa shape index (κ2) is 5.70. The summed E-state index contributed by atoms with van der Waals surface area (Å²) in [6.45, 7) is 7.94. The third kappa shape index (κ3) is 3.50. The van der Waals surface area contributed by atoms with Crippen molar-refractivity contribution in [1.82, 2.24) is 5.32 Å². The summed E-state index contributed by atoms with van der Waals surface area (Å²) in [4.78, 5) is 0. The summed E-state index contributed by atoms with van der Waals surface area (Å²) in [5.41, 5.74) is 1.65. The first-order valence-corrected chi connectivity index (χ1v) is 6.25. The van der Waals surface area contributed by atoms with Crippen LogP contribution in [0.2, 0.25) is 5.02 Å². The Hall–Kier alpha value is -0.530. The van der Waals surface area contributed by atoms with Crippen LogP contribution in [0.5, 0.6) is 0 Å². The normalized spacial score (nSPS) is 15.1. The number of benzene rings is 1. The van der Waals surface area contributed by atoms with Gasteiger partial charge in [-0.25, -0.2) is 0 Å². The smallest absolute Gasteiger partial charge is 0.0406 e. The van der Waals surface area contributed by atoms with Gasteiger partial charge >= 0.3 is 0 Å². The Bertz CT molecular complexity index is 318. The van der Waals surface area contributed by atoms with E-state index in [0.29, 0.717) is 11.3 Å². The molecule has 0 amide bonds. The lowest BCUT2D eigenvalue weighted by Gasteiger charge is -2.34. The Morgan fingerprint density at radius 3 is 2.25 bits per heavy atom. The molecule has 1 nitrogen and oxygen atoms in total. The van der Waals surface area contributed by atoms with Crippen LogP contribution in [0, 0.1) is 11.3 Å². The SMILES string of the molecule is CNCC(C)(Cc1ccc(Cl)cc1)C(C)C. The Kier molecular flexibility index (Phi) is 4.82. The predicted molar refractivity (Wildman–Crippen MR) is 72.0 cm³/mol. The number of rotatable bonds is 5. The van der Waals surface area contributed by atoms with E-state index < -0.39 is 0 Å². The molecule has 0 fully saturated rings. The molecule has 0 aliphatic rings. The molecule has 1 N–H and O–H groups in total. The van der Waals surface area contributed by atoms with E-state index in [1.807, 2.05) is 19.2 Å². The minimum atomic E-state index is 0.294. The van der Waals surface area contributed by atoms with Crippen LogP contribution >= 0.6 is 11.6 Å². The highest BCUT2D eigenvalue weighted by molar-refractivity contribution is 6.30. The molecule has 0 aliphatic heterocycles. The molecule has 0 aliphatic carbocycles. The van der Waals surface area contributed by atoms with Crippen molar-refractivity contribution in [2.45, 2.75) is 27.2 Å². The average molecular weight is 240 g/mol. The number of nitrogens with one attached hydrogen (secondary N) is 1. The van der Waals surface area contributed by atoms with Gasteiger partial charge in [0.15, 0.2) is 0 Å². The maximum Gasteiger partial charge on any atom is 0.0406 e. The maximum absolute atomic E-state index is 5.89. The van der Waals surface area contributed by atoms with Gasteiger partial charge in [0, 0.05) is 11.6 Å². The minimum absolute atomic E-state index is 0.294. The van der Waals surface area contributed by atoms with Gasteiger partial charge < -0.3 is 5.32 Å². The zero-order valence-corrected chi connectivity index (χ0v) is 11.4. The summed E-state index contributed by atoms with van der Waals surface area (Å²) >= 11 is 5.89. The minimum Gasteiger partial charge on any atom is -0.319 e. The van der Waals surface area contributed by atoms with E-state index >= 15 is 0 Å². The standard InChI is InChI=1S/C14H22ClN/c1-11(2)14(3,10-16-4)9-12-5-7-13(15)8-6-12/h5-8,11,16H,9-10H2,1-4H3. The van der Waals surface area contributed by atoms with E-state index in [2.05, 4.69) is 38.2 Å². The van der Waals surface area contributed by atoms with Crippen LogP contribution in [0.15, 0.2) is 24.3 Å². The molecule has 0 aromatic heterocycles. The molecule has 0 saturated carbocycles. The van der Waals surface area contributed by atoms with Crippen LogP contribution in [-0.4, -0.2) is 13.6 Å². The topological polar surface area (TPSA) is 12.0 Å². The van der Waals surface area contributed by atoms with Crippen LogP contribution < -0.4 is 5.32 Å². The molecule has 0 bridgehead atoms. The summed E-state index contributed by atoms with van der Waals surface area (Å²) in [5.74, 6) is 0.649. The molecule has 0 saturated heterocycles. The third-order valence-corrected chi connectivity index (χ3v) is 3.75. The van der Waals surface area contributed by atoms with Crippen LogP contribution in [0.25, 0.3) is 0 Å². The first kappa shape index (κ1) is 13.5. The summed E-state index contributed by atoms with van der Waals surface area (Å²) in [5, 5.41) is 4.10. The molecule has 1 aromatic rings. The number of hydrogen-bond acceptors (Lipinski definition) is 1. The predicted octanol–water partition coefficient (Wildman–Crippen LogP) is 3.76. The Morgan fingerprint density at radius 1 is 1.25 bits per heavy atom. The van der Waals surface area contributed by atoms with Gasteiger partial charge in [-0.2, -0.15) is 0 Å². The Morgan fingerprint density at radius 2 is 1.81 bits per heavy atom. The van der Waals surface area contributed by atoms with Crippen molar-refractivity contribution in [3.05, 3.63) is 34.9 Å². The molecule has 0 heterocycles. The molecule has 1 aromatic carbocycles. The van der Waals surface area contributed by atoms with E-state index in [0.717, 1.165) is 18.0 Å². The lowest BCUT2D eigenvalue weighted by Crippen LogP contribution is -2.36. The molecule has 1 atom stereocenters. The van der Waals surface area contributed by atoms with Crippen molar-refractivity contribution in [2.75, 3.05) is 13.6 Å². The van der Waals surface area contributed by atoms with Crippen molar-refractivity contribution in [3.63, 3.8) is 0 Å². The maximum atomic E-state index is 5.89. The van der Waals surface area contributed by atoms with Gasteiger partial charge in [-0.05, 0) is 42.5 Å². The van der Waals surface area contributed by atoms with Crippen LogP contribution in [0.3, 0.4) is 0 Å². The van der Waals surface area contributed by atoms with Gasteiger partial charge in [0.1, 0.15) is 0 Å². The van der Waals surface area contributed by atoms with Crippen molar-refractivity contribution >= 4 is 11.6 Å². The molecule has 2 heteroatoms. The van der Waals surface area contributed by atoms with E-state index in [1.54, 1.807) is 0 Å². The number of hydrogen-bond donors (Lipinski definition) is 1. The zero-order chi connectivity index (χ0) is 12.2. The molecule has 90 valence electrons. The summed E-state index contributed by atoms with van der Waals surface area (Å²) in [6.07, 6.45) is 1.09. The van der Waals surface area contributed by atoms with Gasteiger partial charge in [-0.1, -0.05) is 44.5 Å². The number of halogens is 1. The first-order chi connectivity index (χ1) is 7.48. The quantitative estimate of drug-likeness (QED) is 0.825. The van der Waals surface area contributed by atoms with E-state index in [1.165, 1.54) is 5.56 Å². The zero-order valence-electron chi connectivity index (χ0n) is 10.7. The Balaban J connectivity index is 2.79. The lowest BCUT2D eigenvalue weighted by atomic mass is 9.74. The highest BCUT2D eigenvalue weighted by atomic mass is 35.5. The molecule has 1 rings (SSSR count). The molecular weight excluding hydrogens is 218 g/mol. The second-order valence-electron chi connectivity index (χ2n) is 5.14. The van der Waals surface area contributed by atoms with Crippen LogP contribution in [0.4, 0.5) is 0 Å². The van der Waals surface area contributed by atoms with Gasteiger partial charge in [-0.15, -0.1) is 0 Å². The third-order valence-electron chi connectivity index (χ3n) is 3.50. The fourth-order valence-electron chi connectivity index (χ4n) is 1.94. The lowest BCUT2D eigenvalue weighted by molar-refractivity contribution is 0.212. The largest absolute Gasteiger partial charge is 0.319 e.